The average Bonchev–Trinajstić information content (AvgIpc) is 3.10. The summed E-state index contributed by atoms with van der Waals surface area (Å²) < 4.78 is 10.3. The number of carbonyl (C=O) groups excluding carboxylic acids is 1. The molecule has 0 spiro atoms. The van der Waals surface area contributed by atoms with Crippen molar-refractivity contribution in [1.82, 2.24) is 5.32 Å². The summed E-state index contributed by atoms with van der Waals surface area (Å²) in [4.78, 5) is 11.8. The minimum absolute atomic E-state index is 0.178. The molecule has 2 rings (SSSR count). The van der Waals surface area contributed by atoms with Crippen LogP contribution in [0, 0.1) is 5.92 Å². The van der Waals surface area contributed by atoms with Crippen LogP contribution in [0.15, 0.2) is 0 Å². The Hall–Kier alpha value is -0.610. The molecule has 0 amide bonds. The molecule has 1 unspecified atom stereocenters. The first-order valence-electron chi connectivity index (χ1n) is 5.68. The van der Waals surface area contributed by atoms with E-state index in [0.29, 0.717) is 6.61 Å². The highest BCUT2D eigenvalue weighted by molar-refractivity contribution is 5.81. The number of hydrogen-bond donors (Lipinski definition) is 1. The molecule has 1 atom stereocenters. The van der Waals surface area contributed by atoms with Crippen LogP contribution in [-0.2, 0) is 14.3 Å². The van der Waals surface area contributed by atoms with Gasteiger partial charge in [-0.05, 0) is 38.1 Å². The lowest BCUT2D eigenvalue weighted by molar-refractivity contribution is -0.154. The molecule has 1 N–H and O–H groups in total. The van der Waals surface area contributed by atoms with Crippen LogP contribution in [0.25, 0.3) is 0 Å². The van der Waals surface area contributed by atoms with Crippen molar-refractivity contribution in [1.29, 1.82) is 0 Å². The lowest BCUT2D eigenvalue weighted by Crippen LogP contribution is -2.58. The minimum atomic E-state index is -0.574. The lowest BCUT2D eigenvalue weighted by atomic mass is 9.92. The SMILES string of the molecule is COC(=O)C1(NCC2CC2)CCCOC1. The number of methoxy groups -OCH3 is 1. The number of ether oxygens (including phenoxy) is 2. The van der Waals surface area contributed by atoms with E-state index in [0.717, 1.165) is 31.9 Å². The van der Waals surface area contributed by atoms with Gasteiger partial charge in [-0.25, -0.2) is 4.79 Å². The molecule has 86 valence electrons. The van der Waals surface area contributed by atoms with Crippen LogP contribution in [0.3, 0.4) is 0 Å². The first kappa shape index (κ1) is 10.9. The summed E-state index contributed by atoms with van der Waals surface area (Å²) in [5.74, 6) is 0.580. The highest BCUT2D eigenvalue weighted by Gasteiger charge is 2.42. The predicted octanol–water partition coefficient (Wildman–Crippen LogP) is 0.708. The molecule has 4 nitrogen and oxygen atoms in total. The van der Waals surface area contributed by atoms with E-state index in [1.165, 1.54) is 20.0 Å². The van der Waals surface area contributed by atoms with Crippen LogP contribution >= 0.6 is 0 Å². The zero-order valence-electron chi connectivity index (χ0n) is 9.25. The maximum atomic E-state index is 11.8. The maximum Gasteiger partial charge on any atom is 0.328 e. The van der Waals surface area contributed by atoms with Crippen molar-refractivity contribution in [3.8, 4) is 0 Å². The molecule has 4 heteroatoms. The van der Waals surface area contributed by atoms with Gasteiger partial charge in [0, 0.05) is 6.61 Å². The van der Waals surface area contributed by atoms with E-state index in [4.69, 9.17) is 9.47 Å². The maximum absolute atomic E-state index is 11.8. The molecule has 0 aromatic heterocycles. The normalized spacial score (nSPS) is 31.3. The Bertz CT molecular complexity index is 232. The zero-order chi connectivity index (χ0) is 10.7. The smallest absolute Gasteiger partial charge is 0.328 e. The Morgan fingerprint density at radius 3 is 2.93 bits per heavy atom. The number of carbonyl (C=O) groups is 1. The van der Waals surface area contributed by atoms with Crippen molar-refractivity contribution in [2.24, 2.45) is 5.92 Å². The fraction of sp³-hybridized carbons (Fsp3) is 0.909. The topological polar surface area (TPSA) is 47.6 Å². The molecular weight excluding hydrogens is 194 g/mol. The van der Waals surface area contributed by atoms with E-state index in [1.807, 2.05) is 0 Å². The van der Waals surface area contributed by atoms with Crippen LogP contribution in [-0.4, -0.2) is 38.4 Å². The van der Waals surface area contributed by atoms with Gasteiger partial charge in [-0.2, -0.15) is 0 Å². The second-order valence-corrected chi connectivity index (χ2v) is 4.55. The van der Waals surface area contributed by atoms with Gasteiger partial charge in [-0.15, -0.1) is 0 Å². The average molecular weight is 213 g/mol. The quantitative estimate of drug-likeness (QED) is 0.699. The van der Waals surface area contributed by atoms with Gasteiger partial charge in [0.25, 0.3) is 0 Å². The second-order valence-electron chi connectivity index (χ2n) is 4.55. The fourth-order valence-corrected chi connectivity index (χ4v) is 2.02. The standard InChI is InChI=1S/C11H19NO3/c1-14-10(13)11(5-2-6-15-8-11)12-7-9-3-4-9/h9,12H,2-8H2,1H3. The summed E-state index contributed by atoms with van der Waals surface area (Å²) in [5.41, 5.74) is -0.574. The molecule has 0 bridgehead atoms. The van der Waals surface area contributed by atoms with E-state index in [9.17, 15) is 4.79 Å². The summed E-state index contributed by atoms with van der Waals surface area (Å²) in [6.07, 6.45) is 4.31. The van der Waals surface area contributed by atoms with Gasteiger partial charge in [0.05, 0.1) is 13.7 Å². The van der Waals surface area contributed by atoms with Gasteiger partial charge in [0.1, 0.15) is 5.54 Å². The van der Waals surface area contributed by atoms with Crippen LogP contribution < -0.4 is 5.32 Å². The van der Waals surface area contributed by atoms with Crippen molar-refractivity contribution in [2.45, 2.75) is 31.2 Å². The largest absolute Gasteiger partial charge is 0.468 e. The van der Waals surface area contributed by atoms with E-state index >= 15 is 0 Å². The van der Waals surface area contributed by atoms with Gasteiger partial charge in [0.15, 0.2) is 0 Å². The number of rotatable bonds is 4. The Morgan fingerprint density at radius 1 is 1.60 bits per heavy atom. The minimum Gasteiger partial charge on any atom is -0.468 e. The molecular formula is C11H19NO3. The summed E-state index contributed by atoms with van der Waals surface area (Å²) in [6.45, 7) is 2.12. The second kappa shape index (κ2) is 4.49. The van der Waals surface area contributed by atoms with E-state index in [2.05, 4.69) is 5.32 Å². The molecule has 1 aliphatic heterocycles. The zero-order valence-corrected chi connectivity index (χ0v) is 9.25. The Balaban J connectivity index is 1.95. The number of nitrogens with one attached hydrogen (secondary N) is 1. The molecule has 1 heterocycles. The van der Waals surface area contributed by atoms with Crippen LogP contribution in [0.5, 0.6) is 0 Å². The summed E-state index contributed by atoms with van der Waals surface area (Å²) in [5, 5.41) is 3.35. The van der Waals surface area contributed by atoms with E-state index in [1.54, 1.807) is 0 Å². The fourth-order valence-electron chi connectivity index (χ4n) is 2.02. The summed E-state index contributed by atoms with van der Waals surface area (Å²) in [6, 6.07) is 0. The molecule has 0 aromatic carbocycles. The Kier molecular flexibility index (Phi) is 3.26. The first-order valence-corrected chi connectivity index (χ1v) is 5.68. The summed E-state index contributed by atoms with van der Waals surface area (Å²) >= 11 is 0. The Labute approximate surface area is 90.3 Å². The van der Waals surface area contributed by atoms with Crippen molar-refractivity contribution in [3.63, 3.8) is 0 Å². The van der Waals surface area contributed by atoms with E-state index in [-0.39, 0.29) is 5.97 Å². The predicted molar refractivity (Wildman–Crippen MR) is 55.5 cm³/mol. The monoisotopic (exact) mass is 213 g/mol. The molecule has 0 aromatic rings. The lowest BCUT2D eigenvalue weighted by Gasteiger charge is -2.35. The molecule has 1 saturated heterocycles. The van der Waals surface area contributed by atoms with Crippen molar-refractivity contribution in [3.05, 3.63) is 0 Å². The number of hydrogen-bond acceptors (Lipinski definition) is 4. The van der Waals surface area contributed by atoms with E-state index < -0.39 is 5.54 Å². The third kappa shape index (κ3) is 2.49. The molecule has 1 saturated carbocycles. The van der Waals surface area contributed by atoms with Crippen molar-refractivity contribution < 1.29 is 14.3 Å². The molecule has 2 fully saturated rings. The third-order valence-electron chi connectivity index (χ3n) is 3.24. The van der Waals surface area contributed by atoms with Crippen LogP contribution in [0.4, 0.5) is 0 Å². The summed E-state index contributed by atoms with van der Waals surface area (Å²) in [7, 11) is 1.44. The van der Waals surface area contributed by atoms with Crippen LogP contribution in [0.2, 0.25) is 0 Å². The van der Waals surface area contributed by atoms with Gasteiger partial charge in [-0.1, -0.05) is 0 Å². The van der Waals surface area contributed by atoms with Crippen molar-refractivity contribution >= 4 is 5.97 Å². The van der Waals surface area contributed by atoms with Crippen LogP contribution in [0.1, 0.15) is 25.7 Å². The van der Waals surface area contributed by atoms with Gasteiger partial charge in [0.2, 0.25) is 0 Å². The number of esters is 1. The molecule has 0 radical (unpaired) electrons. The van der Waals surface area contributed by atoms with Gasteiger partial charge in [-0.3, -0.25) is 5.32 Å². The first-order chi connectivity index (χ1) is 7.27. The van der Waals surface area contributed by atoms with Gasteiger partial charge < -0.3 is 9.47 Å². The van der Waals surface area contributed by atoms with Crippen molar-refractivity contribution in [2.75, 3.05) is 26.9 Å². The highest BCUT2D eigenvalue weighted by atomic mass is 16.5. The molecule has 1 aliphatic carbocycles. The molecule has 15 heavy (non-hydrogen) atoms. The highest BCUT2D eigenvalue weighted by Crippen LogP contribution is 2.29. The third-order valence-corrected chi connectivity index (χ3v) is 3.24. The Morgan fingerprint density at radius 2 is 2.40 bits per heavy atom. The van der Waals surface area contributed by atoms with Gasteiger partial charge >= 0.3 is 5.97 Å². The molecule has 2 aliphatic rings.